The molecule has 2 amide bonds. The fraction of sp³-hybridized carbons (Fsp3) is 0.125. The Morgan fingerprint density at radius 1 is 0.731 bits per heavy atom. The molecule has 0 radical (unpaired) electrons. The molecule has 0 heterocycles. The highest BCUT2D eigenvalue weighted by Gasteiger charge is 2.38. The van der Waals surface area contributed by atoms with Gasteiger partial charge in [-0.25, -0.2) is 0 Å². The third kappa shape index (κ3) is 4.74. The van der Waals surface area contributed by atoms with Gasteiger partial charge in [0.05, 0.1) is 11.1 Å². The molecule has 0 atom stereocenters. The average Bonchev–Trinajstić information content (AvgIpc) is 2.55. The number of amides is 2. The van der Waals surface area contributed by atoms with E-state index < -0.39 is 35.3 Å². The van der Waals surface area contributed by atoms with E-state index >= 15 is 0 Å². The van der Waals surface area contributed by atoms with Crippen LogP contribution in [0.15, 0.2) is 48.5 Å². The Morgan fingerprint density at radius 2 is 1.23 bits per heavy atom. The number of hydrogen-bond donors (Lipinski definition) is 2. The second kappa shape index (κ2) is 7.06. The number of benzene rings is 2. The fourth-order valence-electron chi connectivity index (χ4n) is 1.97. The van der Waals surface area contributed by atoms with E-state index in [2.05, 4.69) is 5.32 Å². The summed E-state index contributed by atoms with van der Waals surface area (Å²) in [4.78, 5) is 22.8. The smallest absolute Gasteiger partial charge is 0.322 e. The second-order valence-corrected chi connectivity index (χ2v) is 5.03. The van der Waals surface area contributed by atoms with Crippen molar-refractivity contribution in [2.75, 3.05) is 10.6 Å². The lowest BCUT2D eigenvalue weighted by molar-refractivity contribution is -0.167. The van der Waals surface area contributed by atoms with E-state index in [1.807, 2.05) is 0 Å². The normalized spacial score (nSPS) is 11.8. The van der Waals surface area contributed by atoms with Crippen molar-refractivity contribution in [3.05, 3.63) is 59.7 Å². The maximum absolute atomic E-state index is 12.9. The summed E-state index contributed by atoms with van der Waals surface area (Å²) >= 11 is 0. The SMILES string of the molecule is O=C(Nc1ccc(NC(=O)C(F)(F)F)cc1)c1ccccc1C(F)(F)F. The molecular weight excluding hydrogens is 366 g/mol. The molecule has 2 aromatic rings. The molecule has 0 aliphatic heterocycles. The molecule has 0 aliphatic rings. The summed E-state index contributed by atoms with van der Waals surface area (Å²) in [6, 6.07) is 8.56. The molecule has 0 aliphatic carbocycles. The minimum atomic E-state index is -5.06. The molecule has 2 N–H and O–H groups in total. The summed E-state index contributed by atoms with van der Waals surface area (Å²) in [5.74, 6) is -3.21. The monoisotopic (exact) mass is 376 g/mol. The van der Waals surface area contributed by atoms with Gasteiger partial charge < -0.3 is 10.6 Å². The van der Waals surface area contributed by atoms with Gasteiger partial charge in [0.15, 0.2) is 0 Å². The molecule has 0 saturated heterocycles. The van der Waals surface area contributed by atoms with Crippen LogP contribution in [0, 0.1) is 0 Å². The first kappa shape index (κ1) is 19.3. The Labute approximate surface area is 142 Å². The van der Waals surface area contributed by atoms with Crippen molar-refractivity contribution in [2.24, 2.45) is 0 Å². The van der Waals surface area contributed by atoms with Gasteiger partial charge >= 0.3 is 18.3 Å². The Hall–Kier alpha value is -3.04. The van der Waals surface area contributed by atoms with Crippen molar-refractivity contribution in [1.29, 1.82) is 0 Å². The van der Waals surface area contributed by atoms with E-state index in [0.29, 0.717) is 0 Å². The lowest BCUT2D eigenvalue weighted by Crippen LogP contribution is -2.29. The van der Waals surface area contributed by atoms with E-state index in [-0.39, 0.29) is 11.4 Å². The number of hydrogen-bond acceptors (Lipinski definition) is 2. The lowest BCUT2D eigenvalue weighted by atomic mass is 10.1. The van der Waals surface area contributed by atoms with Crippen LogP contribution >= 0.6 is 0 Å². The van der Waals surface area contributed by atoms with Crippen molar-refractivity contribution in [1.82, 2.24) is 0 Å². The van der Waals surface area contributed by atoms with Crippen LogP contribution in [0.25, 0.3) is 0 Å². The zero-order chi connectivity index (χ0) is 19.5. The highest BCUT2D eigenvalue weighted by atomic mass is 19.4. The minimum Gasteiger partial charge on any atom is -0.322 e. The first-order valence-electron chi connectivity index (χ1n) is 6.94. The van der Waals surface area contributed by atoms with Crippen LogP contribution in [0.3, 0.4) is 0 Å². The summed E-state index contributed by atoms with van der Waals surface area (Å²) in [6.07, 6.45) is -9.78. The van der Waals surface area contributed by atoms with Crippen molar-refractivity contribution in [3.63, 3.8) is 0 Å². The Morgan fingerprint density at radius 3 is 1.73 bits per heavy atom. The van der Waals surface area contributed by atoms with E-state index in [1.165, 1.54) is 6.07 Å². The molecule has 2 aromatic carbocycles. The van der Waals surface area contributed by atoms with Gasteiger partial charge in [0, 0.05) is 11.4 Å². The molecule has 10 heteroatoms. The van der Waals surface area contributed by atoms with Gasteiger partial charge in [0.2, 0.25) is 0 Å². The summed E-state index contributed by atoms with van der Waals surface area (Å²) in [5, 5.41) is 3.81. The topological polar surface area (TPSA) is 58.2 Å². The van der Waals surface area contributed by atoms with Gasteiger partial charge in [0.25, 0.3) is 5.91 Å². The molecule has 4 nitrogen and oxygen atoms in total. The van der Waals surface area contributed by atoms with Gasteiger partial charge in [-0.05, 0) is 36.4 Å². The van der Waals surface area contributed by atoms with Crippen LogP contribution in [0.1, 0.15) is 15.9 Å². The van der Waals surface area contributed by atoms with Crippen LogP contribution in [0.2, 0.25) is 0 Å². The van der Waals surface area contributed by atoms with Crippen LogP contribution in [0.4, 0.5) is 37.7 Å². The quantitative estimate of drug-likeness (QED) is 0.778. The number of anilines is 2. The fourth-order valence-corrected chi connectivity index (χ4v) is 1.97. The van der Waals surface area contributed by atoms with Crippen LogP contribution < -0.4 is 10.6 Å². The maximum Gasteiger partial charge on any atom is 0.471 e. The molecule has 0 unspecified atom stereocenters. The molecular formula is C16H10F6N2O2. The number of carbonyl (C=O) groups is 2. The molecule has 26 heavy (non-hydrogen) atoms. The molecule has 0 saturated carbocycles. The van der Waals surface area contributed by atoms with E-state index in [9.17, 15) is 35.9 Å². The molecule has 0 spiro atoms. The van der Waals surface area contributed by atoms with Crippen molar-refractivity contribution < 1.29 is 35.9 Å². The number of halogens is 6. The van der Waals surface area contributed by atoms with Gasteiger partial charge in [0.1, 0.15) is 0 Å². The first-order chi connectivity index (χ1) is 12.0. The largest absolute Gasteiger partial charge is 0.471 e. The summed E-state index contributed by atoms with van der Waals surface area (Å²) in [7, 11) is 0. The van der Waals surface area contributed by atoms with E-state index in [4.69, 9.17) is 0 Å². The maximum atomic E-state index is 12.9. The Kier molecular flexibility index (Phi) is 5.24. The molecule has 0 aromatic heterocycles. The van der Waals surface area contributed by atoms with Gasteiger partial charge in [-0.15, -0.1) is 0 Å². The van der Waals surface area contributed by atoms with E-state index in [1.54, 1.807) is 5.32 Å². The highest BCUT2D eigenvalue weighted by molar-refractivity contribution is 6.05. The number of alkyl halides is 6. The van der Waals surface area contributed by atoms with Gasteiger partial charge in [-0.2, -0.15) is 26.3 Å². The standard InChI is InChI=1S/C16H10F6N2O2/c17-15(18,19)12-4-2-1-3-11(12)13(25)23-9-5-7-10(8-6-9)24-14(26)16(20,21)22/h1-8H,(H,23,25)(H,24,26). The minimum absolute atomic E-state index is 0.0389. The summed E-state index contributed by atoms with van der Waals surface area (Å²) < 4.78 is 75.2. The first-order valence-corrected chi connectivity index (χ1v) is 6.94. The van der Waals surface area contributed by atoms with Crippen molar-refractivity contribution >= 4 is 23.2 Å². The molecule has 0 bridgehead atoms. The lowest BCUT2D eigenvalue weighted by Gasteiger charge is -2.13. The zero-order valence-corrected chi connectivity index (χ0v) is 12.7. The van der Waals surface area contributed by atoms with Crippen LogP contribution in [0.5, 0.6) is 0 Å². The average molecular weight is 376 g/mol. The predicted molar refractivity (Wildman–Crippen MR) is 80.5 cm³/mol. The number of rotatable bonds is 3. The number of nitrogens with one attached hydrogen (secondary N) is 2. The third-order valence-corrected chi connectivity index (χ3v) is 3.14. The molecule has 0 fully saturated rings. The number of carbonyl (C=O) groups excluding carboxylic acids is 2. The van der Waals surface area contributed by atoms with Crippen LogP contribution in [-0.4, -0.2) is 18.0 Å². The summed E-state index contributed by atoms with van der Waals surface area (Å²) in [6.45, 7) is 0. The highest BCUT2D eigenvalue weighted by Crippen LogP contribution is 2.32. The van der Waals surface area contributed by atoms with Crippen molar-refractivity contribution in [2.45, 2.75) is 12.4 Å². The van der Waals surface area contributed by atoms with Gasteiger partial charge in [-0.1, -0.05) is 12.1 Å². The predicted octanol–water partition coefficient (Wildman–Crippen LogP) is 4.46. The second-order valence-electron chi connectivity index (χ2n) is 5.03. The summed E-state index contributed by atoms with van der Waals surface area (Å²) in [5.41, 5.74) is -1.88. The van der Waals surface area contributed by atoms with Crippen LogP contribution in [-0.2, 0) is 11.0 Å². The third-order valence-electron chi connectivity index (χ3n) is 3.14. The molecule has 2 rings (SSSR count). The zero-order valence-electron chi connectivity index (χ0n) is 12.7. The van der Waals surface area contributed by atoms with Crippen molar-refractivity contribution in [3.8, 4) is 0 Å². The van der Waals surface area contributed by atoms with E-state index in [0.717, 1.165) is 42.5 Å². The Bertz CT molecular complexity index is 813. The van der Waals surface area contributed by atoms with Gasteiger partial charge in [-0.3, -0.25) is 9.59 Å². The molecule has 138 valence electrons. The Balaban J connectivity index is 2.13.